The summed E-state index contributed by atoms with van der Waals surface area (Å²) in [5.74, 6) is 1.17. The molecular weight excluding hydrogens is 382 g/mol. The molecule has 2 aromatic carbocycles. The van der Waals surface area contributed by atoms with E-state index >= 15 is 0 Å². The van der Waals surface area contributed by atoms with Gasteiger partial charge in [-0.05, 0) is 35.4 Å². The number of hydrogen-bond donors (Lipinski definition) is 0. The van der Waals surface area contributed by atoms with Gasteiger partial charge in [-0.2, -0.15) is 9.36 Å². The fourth-order valence-corrected chi connectivity index (χ4v) is 3.36. The van der Waals surface area contributed by atoms with Gasteiger partial charge in [-0.25, -0.2) is 4.79 Å². The van der Waals surface area contributed by atoms with E-state index in [-0.39, 0.29) is 5.69 Å². The molecule has 0 atom stereocenters. The number of benzene rings is 2. The highest BCUT2D eigenvalue weighted by Gasteiger charge is 2.12. The molecule has 0 fully saturated rings. The third-order valence-electron chi connectivity index (χ3n) is 4.08. The van der Waals surface area contributed by atoms with Crippen molar-refractivity contribution in [3.63, 3.8) is 0 Å². The number of non-ortho nitro benzene ring substituents is 1. The monoisotopic (exact) mass is 395 g/mol. The molecule has 4 rings (SSSR count). The molecule has 9 heteroatoms. The van der Waals surface area contributed by atoms with E-state index in [9.17, 15) is 14.9 Å². The maximum absolute atomic E-state index is 12.0. The summed E-state index contributed by atoms with van der Waals surface area (Å²) in [5, 5.41) is 11.9. The van der Waals surface area contributed by atoms with Crippen molar-refractivity contribution >= 4 is 28.2 Å². The van der Waals surface area contributed by atoms with E-state index in [2.05, 4.69) is 9.36 Å². The topological polar surface area (TPSA) is 108 Å². The summed E-state index contributed by atoms with van der Waals surface area (Å²) < 4.78 is 15.2. The van der Waals surface area contributed by atoms with Crippen LogP contribution in [0.5, 0.6) is 10.9 Å². The number of aromatic nitrogens is 2. The Kier molecular flexibility index (Phi) is 4.58. The summed E-state index contributed by atoms with van der Waals surface area (Å²) in [5.41, 5.74) is 1.10. The Morgan fingerprint density at radius 2 is 1.96 bits per heavy atom. The lowest BCUT2D eigenvalue weighted by atomic mass is 10.0. The van der Waals surface area contributed by atoms with Gasteiger partial charge in [-0.1, -0.05) is 6.92 Å². The van der Waals surface area contributed by atoms with E-state index in [1.54, 1.807) is 30.3 Å². The van der Waals surface area contributed by atoms with Gasteiger partial charge in [-0.15, -0.1) is 0 Å². The molecule has 2 heterocycles. The molecule has 140 valence electrons. The van der Waals surface area contributed by atoms with Gasteiger partial charge in [0.15, 0.2) is 0 Å². The van der Waals surface area contributed by atoms with Crippen LogP contribution in [0.2, 0.25) is 0 Å². The molecule has 0 spiro atoms. The number of aryl methyl sites for hydroxylation is 1. The molecule has 0 aliphatic carbocycles. The second kappa shape index (κ2) is 7.20. The Hall–Kier alpha value is -3.59. The van der Waals surface area contributed by atoms with Crippen LogP contribution in [0.15, 0.2) is 57.7 Å². The molecule has 0 radical (unpaired) electrons. The van der Waals surface area contributed by atoms with Crippen molar-refractivity contribution in [2.24, 2.45) is 0 Å². The number of hydrogen-bond acceptors (Lipinski definition) is 8. The molecule has 28 heavy (non-hydrogen) atoms. The number of nitrogens with zero attached hydrogens (tertiary/aromatic N) is 3. The predicted octanol–water partition coefficient (Wildman–Crippen LogP) is 4.57. The maximum atomic E-state index is 12.0. The number of nitro groups is 1. The summed E-state index contributed by atoms with van der Waals surface area (Å²) >= 11 is 1.15. The first kappa shape index (κ1) is 17.8. The van der Waals surface area contributed by atoms with E-state index in [1.807, 2.05) is 6.92 Å². The smallest absolute Gasteiger partial charge is 0.336 e. The van der Waals surface area contributed by atoms with Gasteiger partial charge >= 0.3 is 5.63 Å². The SMILES string of the molecule is CCc1nsc(Oc2ccc3c(-c4ccc([N+](=O)[O-])cc4)cc(=O)oc3c2)n1. The maximum Gasteiger partial charge on any atom is 0.336 e. The number of ether oxygens (including phenoxy) is 1. The molecular formula is C19H13N3O5S. The standard InChI is InChI=1S/C19H13N3O5S/c1-2-17-20-19(28-21-17)26-13-7-8-14-15(10-18(23)27-16(14)9-13)11-3-5-12(6-4-11)22(24)25/h3-10H,2H2,1H3. The van der Waals surface area contributed by atoms with E-state index in [0.717, 1.165) is 11.5 Å². The molecule has 4 aromatic rings. The van der Waals surface area contributed by atoms with Crippen LogP contribution in [0, 0.1) is 10.1 Å². The van der Waals surface area contributed by atoms with Crippen molar-refractivity contribution < 1.29 is 14.1 Å². The van der Waals surface area contributed by atoms with E-state index in [0.29, 0.717) is 45.3 Å². The van der Waals surface area contributed by atoms with E-state index < -0.39 is 10.5 Å². The summed E-state index contributed by atoms with van der Waals surface area (Å²) in [6.07, 6.45) is 0.713. The van der Waals surface area contributed by atoms with Crippen molar-refractivity contribution in [2.75, 3.05) is 0 Å². The zero-order chi connectivity index (χ0) is 19.7. The zero-order valence-electron chi connectivity index (χ0n) is 14.6. The Morgan fingerprint density at radius 1 is 1.18 bits per heavy atom. The molecule has 2 aromatic heterocycles. The van der Waals surface area contributed by atoms with Gasteiger partial charge in [0.25, 0.3) is 10.9 Å². The van der Waals surface area contributed by atoms with Crippen LogP contribution in [-0.4, -0.2) is 14.3 Å². The number of rotatable bonds is 5. The summed E-state index contributed by atoms with van der Waals surface area (Å²) in [7, 11) is 0. The fraction of sp³-hybridized carbons (Fsp3) is 0.105. The minimum atomic E-state index is -0.526. The molecule has 0 bridgehead atoms. The van der Waals surface area contributed by atoms with Crippen molar-refractivity contribution in [1.29, 1.82) is 0 Å². The largest absolute Gasteiger partial charge is 0.430 e. The second-order valence-electron chi connectivity index (χ2n) is 5.87. The minimum absolute atomic E-state index is 0.0183. The lowest BCUT2D eigenvalue weighted by molar-refractivity contribution is -0.384. The van der Waals surface area contributed by atoms with Crippen LogP contribution in [-0.2, 0) is 6.42 Å². The third-order valence-corrected chi connectivity index (χ3v) is 4.71. The average molecular weight is 395 g/mol. The van der Waals surface area contributed by atoms with Crippen LogP contribution in [0.3, 0.4) is 0 Å². The Labute approximate surface area is 162 Å². The Morgan fingerprint density at radius 3 is 2.64 bits per heavy atom. The van der Waals surface area contributed by atoms with E-state index in [1.165, 1.54) is 18.2 Å². The second-order valence-corrected chi connectivity index (χ2v) is 6.59. The first-order valence-corrected chi connectivity index (χ1v) is 9.14. The molecule has 0 N–H and O–H groups in total. The summed E-state index contributed by atoms with van der Waals surface area (Å²) in [4.78, 5) is 26.6. The van der Waals surface area contributed by atoms with Crippen molar-refractivity contribution in [2.45, 2.75) is 13.3 Å². The Bertz CT molecular complexity index is 1230. The molecule has 0 aliphatic rings. The molecule has 8 nitrogen and oxygen atoms in total. The highest BCUT2D eigenvalue weighted by molar-refractivity contribution is 7.07. The van der Waals surface area contributed by atoms with Crippen LogP contribution < -0.4 is 10.4 Å². The zero-order valence-corrected chi connectivity index (χ0v) is 15.4. The molecule has 0 aliphatic heterocycles. The number of fused-ring (bicyclic) bond motifs is 1. The van der Waals surface area contributed by atoms with Gasteiger partial charge in [-0.3, -0.25) is 10.1 Å². The summed E-state index contributed by atoms with van der Waals surface area (Å²) in [6.45, 7) is 1.95. The Balaban J connectivity index is 1.74. The first-order chi connectivity index (χ1) is 13.5. The van der Waals surface area contributed by atoms with Crippen LogP contribution in [0.4, 0.5) is 5.69 Å². The molecule has 0 unspecified atom stereocenters. The molecule has 0 saturated heterocycles. The van der Waals surface area contributed by atoms with Crippen molar-refractivity contribution in [3.8, 4) is 22.1 Å². The van der Waals surface area contributed by atoms with Crippen molar-refractivity contribution in [3.05, 3.63) is 74.9 Å². The lowest BCUT2D eigenvalue weighted by Gasteiger charge is -2.07. The van der Waals surface area contributed by atoms with Gasteiger partial charge in [0.05, 0.1) is 4.92 Å². The van der Waals surface area contributed by atoms with Gasteiger partial charge in [0, 0.05) is 47.6 Å². The minimum Gasteiger partial charge on any atom is -0.430 e. The van der Waals surface area contributed by atoms with Gasteiger partial charge in [0.2, 0.25) is 0 Å². The highest BCUT2D eigenvalue weighted by atomic mass is 32.1. The predicted molar refractivity (Wildman–Crippen MR) is 104 cm³/mol. The normalized spacial score (nSPS) is 10.9. The van der Waals surface area contributed by atoms with Crippen LogP contribution >= 0.6 is 11.5 Å². The fourth-order valence-electron chi connectivity index (χ4n) is 2.73. The van der Waals surface area contributed by atoms with Gasteiger partial charge in [0.1, 0.15) is 17.2 Å². The van der Waals surface area contributed by atoms with Crippen LogP contribution in [0.25, 0.3) is 22.1 Å². The number of nitro benzene ring substituents is 1. The average Bonchev–Trinajstić information content (AvgIpc) is 3.14. The summed E-state index contributed by atoms with van der Waals surface area (Å²) in [6, 6.07) is 12.5. The van der Waals surface area contributed by atoms with Gasteiger partial charge < -0.3 is 9.15 Å². The third kappa shape index (κ3) is 3.47. The van der Waals surface area contributed by atoms with Crippen LogP contribution in [0.1, 0.15) is 12.7 Å². The highest BCUT2D eigenvalue weighted by Crippen LogP contribution is 2.32. The lowest BCUT2D eigenvalue weighted by Crippen LogP contribution is -1.98. The van der Waals surface area contributed by atoms with E-state index in [4.69, 9.17) is 9.15 Å². The van der Waals surface area contributed by atoms with Crippen molar-refractivity contribution in [1.82, 2.24) is 9.36 Å². The molecule has 0 saturated carbocycles. The first-order valence-electron chi connectivity index (χ1n) is 8.36. The quantitative estimate of drug-likeness (QED) is 0.276. The molecule has 0 amide bonds.